The smallest absolute Gasteiger partial charge is 0.269 e. The van der Waals surface area contributed by atoms with Gasteiger partial charge in [-0.1, -0.05) is 19.1 Å². The van der Waals surface area contributed by atoms with Crippen LogP contribution in [-0.2, 0) is 16.3 Å². The van der Waals surface area contributed by atoms with E-state index in [4.69, 9.17) is 0 Å². The fourth-order valence-corrected chi connectivity index (χ4v) is 5.88. The maximum Gasteiger partial charge on any atom is 0.269 e. The van der Waals surface area contributed by atoms with E-state index in [1.54, 1.807) is 12.1 Å². The van der Waals surface area contributed by atoms with Gasteiger partial charge in [0, 0.05) is 24.4 Å². The molecule has 1 aliphatic heterocycles. The summed E-state index contributed by atoms with van der Waals surface area (Å²) in [4.78, 5) is 12.7. The molecule has 2 unspecified atom stereocenters. The van der Waals surface area contributed by atoms with Gasteiger partial charge in [-0.3, -0.25) is 15.0 Å². The Hall–Kier alpha value is -1.22. The molecule has 1 aromatic carbocycles. The molecule has 1 aliphatic rings. The van der Waals surface area contributed by atoms with Gasteiger partial charge in [0.1, 0.15) is 5.37 Å². The lowest BCUT2D eigenvalue weighted by atomic mass is 9.95. The van der Waals surface area contributed by atoms with E-state index >= 15 is 0 Å². The number of nitro groups is 1. The molecular weight excluding hydrogens is 402 g/mol. The van der Waals surface area contributed by atoms with Crippen molar-refractivity contribution in [3.8, 4) is 0 Å². The topological polar surface area (TPSA) is 92.5 Å². The quantitative estimate of drug-likeness (QED) is 0.475. The van der Waals surface area contributed by atoms with Gasteiger partial charge in [0.2, 0.25) is 0 Å². The molecule has 1 saturated heterocycles. The van der Waals surface area contributed by atoms with Crippen molar-refractivity contribution in [2.24, 2.45) is 5.92 Å². The maximum atomic E-state index is 12.7. The number of nitro benzene ring substituents is 1. The summed E-state index contributed by atoms with van der Waals surface area (Å²) in [5.41, 5.74) is 0.926. The fraction of sp³-hybridized carbons (Fsp3) is 0.684. The molecule has 1 fully saturated rings. The Balaban J connectivity index is 0.00000392. The van der Waals surface area contributed by atoms with Crippen LogP contribution in [0.5, 0.6) is 0 Å². The predicted octanol–water partition coefficient (Wildman–Crippen LogP) is 3.03. The number of non-ortho nitro benzene ring substituents is 1. The van der Waals surface area contributed by atoms with Crippen molar-refractivity contribution in [2.45, 2.75) is 50.9 Å². The summed E-state index contributed by atoms with van der Waals surface area (Å²) in [6.45, 7) is 6.45. The van der Waals surface area contributed by atoms with Crippen LogP contribution in [-0.4, -0.2) is 55.5 Å². The van der Waals surface area contributed by atoms with Crippen LogP contribution in [0.1, 0.15) is 38.7 Å². The van der Waals surface area contributed by atoms with Crippen molar-refractivity contribution in [1.29, 1.82) is 0 Å². The van der Waals surface area contributed by atoms with Crippen LogP contribution in [0.15, 0.2) is 24.3 Å². The van der Waals surface area contributed by atoms with Gasteiger partial charge >= 0.3 is 0 Å². The molecule has 7 nitrogen and oxygen atoms in total. The zero-order valence-corrected chi connectivity index (χ0v) is 18.5. The summed E-state index contributed by atoms with van der Waals surface area (Å²) in [6.07, 6.45) is 4.47. The van der Waals surface area contributed by atoms with Gasteiger partial charge in [-0.15, -0.1) is 12.4 Å². The number of nitrogens with zero attached hydrogens (tertiary/aromatic N) is 2. The Labute approximate surface area is 174 Å². The Morgan fingerprint density at radius 3 is 2.50 bits per heavy atom. The minimum atomic E-state index is -3.25. The number of hydrogen-bond acceptors (Lipinski definition) is 6. The van der Waals surface area contributed by atoms with Crippen LogP contribution < -0.4 is 5.32 Å². The van der Waals surface area contributed by atoms with Crippen LogP contribution >= 0.6 is 12.4 Å². The van der Waals surface area contributed by atoms with E-state index in [2.05, 4.69) is 17.1 Å². The zero-order valence-electron chi connectivity index (χ0n) is 16.8. The first-order valence-corrected chi connectivity index (χ1v) is 11.6. The van der Waals surface area contributed by atoms with Gasteiger partial charge in [-0.05, 0) is 63.7 Å². The van der Waals surface area contributed by atoms with E-state index in [0.29, 0.717) is 13.0 Å². The van der Waals surface area contributed by atoms with Crippen LogP contribution in [0.3, 0.4) is 0 Å². The fourth-order valence-electron chi connectivity index (χ4n) is 4.11. The van der Waals surface area contributed by atoms with E-state index in [9.17, 15) is 18.5 Å². The SMILES string of the molecule is CCCN(C(C)Cc1cccc([N+](=O)[O-])c1)C(C1CCNCC1)S(C)(=O)=O.Cl. The molecule has 28 heavy (non-hydrogen) atoms. The van der Waals surface area contributed by atoms with Gasteiger partial charge in [0.15, 0.2) is 9.84 Å². The normalized spacial score (nSPS) is 17.7. The molecule has 1 aromatic rings. The van der Waals surface area contributed by atoms with Gasteiger partial charge in [-0.2, -0.15) is 0 Å². The van der Waals surface area contributed by atoms with E-state index in [1.807, 2.05) is 13.0 Å². The van der Waals surface area contributed by atoms with E-state index in [0.717, 1.165) is 37.9 Å². The lowest BCUT2D eigenvalue weighted by molar-refractivity contribution is -0.384. The number of benzene rings is 1. The molecular formula is C19H32ClN3O4S. The third kappa shape index (κ3) is 6.69. The maximum absolute atomic E-state index is 12.7. The first kappa shape index (κ1) is 24.8. The van der Waals surface area contributed by atoms with Crippen molar-refractivity contribution in [3.05, 3.63) is 39.9 Å². The van der Waals surface area contributed by atoms with Gasteiger partial charge < -0.3 is 5.32 Å². The second kappa shape index (κ2) is 11.1. The highest BCUT2D eigenvalue weighted by Gasteiger charge is 2.37. The molecule has 0 aliphatic carbocycles. The first-order chi connectivity index (χ1) is 12.7. The van der Waals surface area contributed by atoms with Crippen LogP contribution in [0, 0.1) is 16.0 Å². The predicted molar refractivity (Wildman–Crippen MR) is 115 cm³/mol. The lowest BCUT2D eigenvalue weighted by Crippen LogP contribution is -2.52. The van der Waals surface area contributed by atoms with Crippen molar-refractivity contribution in [2.75, 3.05) is 25.9 Å². The standard InChI is InChI=1S/C19H31N3O4S.ClH/c1-4-12-21(19(27(3,25)26)17-8-10-20-11-9-17)15(2)13-16-6-5-7-18(14-16)22(23)24;/h5-7,14-15,17,19-20H,4,8-13H2,1-3H3;1H. The molecule has 0 saturated carbocycles. The van der Waals surface area contributed by atoms with Gasteiger partial charge in [-0.25, -0.2) is 8.42 Å². The largest absolute Gasteiger partial charge is 0.317 e. The molecule has 0 amide bonds. The number of nitrogens with one attached hydrogen (secondary N) is 1. The summed E-state index contributed by atoms with van der Waals surface area (Å²) < 4.78 is 25.4. The molecule has 9 heteroatoms. The van der Waals surface area contributed by atoms with E-state index in [-0.39, 0.29) is 30.1 Å². The second-order valence-corrected chi connectivity index (χ2v) is 9.67. The lowest BCUT2D eigenvalue weighted by Gasteiger charge is -2.41. The number of rotatable bonds is 9. The van der Waals surface area contributed by atoms with Crippen LogP contribution in [0.4, 0.5) is 5.69 Å². The Bertz CT molecular complexity index is 738. The average Bonchev–Trinajstić information content (AvgIpc) is 2.61. The number of sulfone groups is 1. The average molecular weight is 434 g/mol. The molecule has 0 spiro atoms. The monoisotopic (exact) mass is 433 g/mol. The minimum Gasteiger partial charge on any atom is -0.317 e. The molecule has 2 atom stereocenters. The second-order valence-electron chi connectivity index (χ2n) is 7.53. The van der Waals surface area contributed by atoms with Gasteiger partial charge in [0.25, 0.3) is 5.69 Å². The third-order valence-electron chi connectivity index (χ3n) is 5.25. The molecule has 1 heterocycles. The number of piperidine rings is 1. The highest BCUT2D eigenvalue weighted by molar-refractivity contribution is 7.91. The Morgan fingerprint density at radius 2 is 1.96 bits per heavy atom. The van der Waals surface area contributed by atoms with Crippen molar-refractivity contribution < 1.29 is 13.3 Å². The number of halogens is 1. The molecule has 2 rings (SSSR count). The summed E-state index contributed by atoms with van der Waals surface area (Å²) in [7, 11) is -3.25. The highest BCUT2D eigenvalue weighted by atomic mass is 35.5. The zero-order chi connectivity index (χ0) is 20.0. The van der Waals surface area contributed by atoms with E-state index < -0.39 is 20.1 Å². The molecule has 0 bridgehead atoms. The first-order valence-electron chi connectivity index (χ1n) is 9.62. The molecule has 160 valence electrons. The Morgan fingerprint density at radius 1 is 1.32 bits per heavy atom. The molecule has 0 radical (unpaired) electrons. The Kier molecular flexibility index (Phi) is 9.83. The van der Waals surface area contributed by atoms with Crippen molar-refractivity contribution >= 4 is 27.9 Å². The summed E-state index contributed by atoms with van der Waals surface area (Å²) in [5.74, 6) is 0.111. The highest BCUT2D eigenvalue weighted by Crippen LogP contribution is 2.28. The van der Waals surface area contributed by atoms with Crippen LogP contribution in [0.25, 0.3) is 0 Å². The summed E-state index contributed by atoms with van der Waals surface area (Å²) in [6, 6.07) is 6.59. The van der Waals surface area contributed by atoms with Crippen LogP contribution in [0.2, 0.25) is 0 Å². The third-order valence-corrected chi connectivity index (χ3v) is 6.79. The van der Waals surface area contributed by atoms with E-state index in [1.165, 1.54) is 12.3 Å². The minimum absolute atomic E-state index is 0. The van der Waals surface area contributed by atoms with Gasteiger partial charge in [0.05, 0.1) is 4.92 Å². The molecule has 0 aromatic heterocycles. The number of hydrogen-bond donors (Lipinski definition) is 1. The van der Waals surface area contributed by atoms with Crippen molar-refractivity contribution in [3.63, 3.8) is 0 Å². The molecule has 1 N–H and O–H groups in total. The summed E-state index contributed by atoms with van der Waals surface area (Å²) in [5, 5.41) is 13.8. The summed E-state index contributed by atoms with van der Waals surface area (Å²) >= 11 is 0. The van der Waals surface area contributed by atoms with Crippen molar-refractivity contribution in [1.82, 2.24) is 10.2 Å².